The fraction of sp³-hybridized carbons (Fsp3) is 0.459. The monoisotopic (exact) mass is 1700 g/mol. The molecule has 0 saturated heterocycles. The molecule has 17 nitrogen and oxygen atoms in total. The van der Waals surface area contributed by atoms with E-state index in [0.29, 0.717) is 22.5 Å². The summed E-state index contributed by atoms with van der Waals surface area (Å²) in [6, 6.07) is 52.8. The molecule has 670 valence electrons. The predicted molar refractivity (Wildman–Crippen MR) is 517 cm³/mol. The topological polar surface area (TPSA) is 202 Å². The Balaban J connectivity index is 0.000000153. The Morgan fingerprint density at radius 1 is 0.381 bits per heavy atom. The van der Waals surface area contributed by atoms with Crippen LogP contribution in [0.4, 0.5) is 28.4 Å². The maximum Gasteiger partial charge on any atom is 0.276 e. The van der Waals surface area contributed by atoms with Gasteiger partial charge in [-0.05, 0) is 362 Å². The molecule has 0 aliphatic heterocycles. The Morgan fingerprint density at radius 3 is 1.19 bits per heavy atom. The van der Waals surface area contributed by atoms with E-state index in [4.69, 9.17) is 9.47 Å². The second kappa shape index (κ2) is 43.1. The third-order valence-corrected chi connectivity index (χ3v) is 25.4. The molecule has 15 rings (SSSR count). The average Bonchev–Trinajstić information content (AvgIpc) is 1.06. The second-order valence-electron chi connectivity index (χ2n) is 39.1. The smallest absolute Gasteiger partial charge is 0.276 e. The summed E-state index contributed by atoms with van der Waals surface area (Å²) in [5.74, 6) is 1.06. The van der Waals surface area contributed by atoms with Crippen LogP contribution in [0, 0.1) is 13.8 Å². The van der Waals surface area contributed by atoms with Crippen molar-refractivity contribution in [1.82, 2.24) is 19.6 Å². The number of amides is 5. The number of benzene rings is 8. The van der Waals surface area contributed by atoms with Crippen LogP contribution in [0.15, 0.2) is 158 Å². The highest BCUT2D eigenvalue weighted by molar-refractivity contribution is 6.08. The fourth-order valence-corrected chi connectivity index (χ4v) is 17.7. The van der Waals surface area contributed by atoms with Gasteiger partial charge in [0, 0.05) is 71.3 Å². The average molecular weight is 1710 g/mol. The highest BCUT2D eigenvalue weighted by Crippen LogP contribution is 2.38. The van der Waals surface area contributed by atoms with Gasteiger partial charge < -0.3 is 40.3 Å². The van der Waals surface area contributed by atoms with Gasteiger partial charge in [-0.3, -0.25) is 33.3 Å². The Bertz CT molecular complexity index is 5410. The van der Waals surface area contributed by atoms with E-state index < -0.39 is 0 Å². The molecule has 8 aromatic carbocycles. The number of fused-ring (bicyclic) bond motifs is 5. The molecule has 2 aromatic heterocycles. The van der Waals surface area contributed by atoms with Crippen molar-refractivity contribution in [2.75, 3.05) is 54.1 Å². The van der Waals surface area contributed by atoms with Gasteiger partial charge in [0.2, 0.25) is 0 Å². The molecule has 5 amide bonds. The van der Waals surface area contributed by atoms with Crippen LogP contribution >= 0.6 is 0 Å². The molecule has 0 fully saturated rings. The molecule has 10 aromatic rings. The van der Waals surface area contributed by atoms with Crippen LogP contribution in [-0.4, -0.2) is 82.5 Å². The van der Waals surface area contributed by atoms with Crippen LogP contribution in [-0.2, 0) is 99.1 Å². The van der Waals surface area contributed by atoms with E-state index >= 15 is 0 Å². The van der Waals surface area contributed by atoms with Gasteiger partial charge in [-0.15, -0.1) is 0 Å². The third kappa shape index (κ3) is 25.3. The van der Waals surface area contributed by atoms with Gasteiger partial charge >= 0.3 is 0 Å². The van der Waals surface area contributed by atoms with Gasteiger partial charge in [0.05, 0.1) is 37.7 Å². The number of nitrogens with one attached hydrogen (secondary N) is 3. The summed E-state index contributed by atoms with van der Waals surface area (Å²) in [6.07, 6.45) is 29.6. The number of hydrogen-bond acceptors (Lipinski definition) is 10. The number of aliphatic hydroxyl groups excluding tert-OH is 1. The summed E-state index contributed by atoms with van der Waals surface area (Å²) in [6.45, 7) is 32.5. The number of nitrogens with zero attached hydrogens (tertiary/aromatic N) is 6. The van der Waals surface area contributed by atoms with Crippen molar-refractivity contribution in [1.29, 1.82) is 0 Å². The lowest BCUT2D eigenvalue weighted by Gasteiger charge is -2.23. The van der Waals surface area contributed by atoms with Crippen molar-refractivity contribution in [2.24, 2.45) is 0 Å². The molecular formula is C109H141N9O8. The lowest BCUT2D eigenvalue weighted by atomic mass is 9.86. The summed E-state index contributed by atoms with van der Waals surface area (Å²) < 4.78 is 14.9. The maximum absolute atomic E-state index is 13.1. The van der Waals surface area contributed by atoms with Crippen molar-refractivity contribution in [3.8, 4) is 11.5 Å². The Labute approximate surface area is 751 Å². The molecule has 5 aliphatic carbocycles. The normalized spacial score (nSPS) is 14.4. The number of ether oxygens (including phenoxy) is 2. The maximum atomic E-state index is 13.1. The zero-order valence-corrected chi connectivity index (χ0v) is 79.1. The Hall–Kier alpha value is -10.9. The molecule has 4 N–H and O–H groups in total. The third-order valence-electron chi connectivity index (χ3n) is 25.4. The highest BCUT2D eigenvalue weighted by Gasteiger charge is 2.27. The van der Waals surface area contributed by atoms with E-state index in [0.717, 1.165) is 127 Å². The Morgan fingerprint density at radius 2 is 0.754 bits per heavy atom. The quantitative estimate of drug-likeness (QED) is 0.0759. The summed E-state index contributed by atoms with van der Waals surface area (Å²) in [7, 11) is 7.03. The zero-order chi connectivity index (χ0) is 90.8. The van der Waals surface area contributed by atoms with E-state index in [1.165, 1.54) is 175 Å². The minimum Gasteiger partial charge on any atom is -0.495 e. The molecule has 0 spiro atoms. The van der Waals surface area contributed by atoms with Crippen molar-refractivity contribution < 1.29 is 38.6 Å². The summed E-state index contributed by atoms with van der Waals surface area (Å²) in [5, 5.41) is 27.6. The summed E-state index contributed by atoms with van der Waals surface area (Å²) in [4.78, 5) is 67.2. The summed E-state index contributed by atoms with van der Waals surface area (Å²) >= 11 is 0. The number of carbonyl (C=O) groups is 5. The van der Waals surface area contributed by atoms with Gasteiger partial charge in [-0.1, -0.05) is 149 Å². The van der Waals surface area contributed by atoms with Crippen molar-refractivity contribution in [3.05, 3.63) is 275 Å². The largest absolute Gasteiger partial charge is 0.495 e. The van der Waals surface area contributed by atoms with E-state index in [2.05, 4.69) is 200 Å². The number of aliphatic hydroxyl groups is 1. The molecule has 0 saturated carbocycles. The number of rotatable bonds is 14. The van der Waals surface area contributed by atoms with Gasteiger partial charge in [0.15, 0.2) is 11.4 Å². The van der Waals surface area contributed by atoms with Gasteiger partial charge in [-0.2, -0.15) is 10.2 Å². The Kier molecular flexibility index (Phi) is 32.7. The van der Waals surface area contributed by atoms with Crippen LogP contribution < -0.4 is 35.2 Å². The van der Waals surface area contributed by atoms with Gasteiger partial charge in [0.1, 0.15) is 11.5 Å². The molecule has 5 aliphatic rings. The van der Waals surface area contributed by atoms with Crippen LogP contribution in [0.2, 0.25) is 0 Å². The molecular weight excluding hydrogens is 1560 g/mol. The minimum atomic E-state index is -0.197. The standard InChI is InChI=1S/C24H31NO2.C23H29NO2.C23H29NO.C20H27N3O.C19H25N3O2/c1-24(2,3)20-13-11-17(12-14-20)23(26)25(4)21-15-18-9-7-6-8-10-19(18)16-22(21)27-5;1-23(2,3)20-11-9-16(10-12-20)22(26)24-21-14-18-8-6-4-5-7-17(18)13-19(21)15-25;1-23(2,3)20-13-10-18(11-14-20)22(25)24(4)21-15-12-17-8-6-5-7-9-19(17)16-21;1-14-12-18(22-23(14)20(2,3)4)19(24)21-17-11-10-15-8-6-5-7-9-16(15)13-17;1-4-22-13(2)10-17(21-22)19(23)20-16-11-14-8-6-5-7-9-15(14)12-18(16)24-3/h11-16H,6-10H2,1-5H3;9-14,25H,4-8,15H2,1-3H3,(H,24,26);10-16H,5-9H2,1-4H3;10-13H,5-9H2,1-4H3,(H,21,24);10-12H,4-9H2,1-3H3,(H,20,23). The number of hydrogen-bond donors (Lipinski definition) is 4. The van der Waals surface area contributed by atoms with Gasteiger partial charge in [0.25, 0.3) is 29.5 Å². The molecule has 17 heteroatoms. The summed E-state index contributed by atoms with van der Waals surface area (Å²) in [5.41, 5.74) is 27.4. The van der Waals surface area contributed by atoms with Crippen molar-refractivity contribution >= 4 is 58.0 Å². The number of methoxy groups -OCH3 is 2. The fourth-order valence-electron chi connectivity index (χ4n) is 17.7. The van der Waals surface area contributed by atoms with Crippen molar-refractivity contribution in [3.63, 3.8) is 0 Å². The molecule has 126 heavy (non-hydrogen) atoms. The predicted octanol–water partition coefficient (Wildman–Crippen LogP) is 24.3. The lowest BCUT2D eigenvalue weighted by Crippen LogP contribution is -2.27. The minimum absolute atomic E-state index is 0.0117. The zero-order valence-electron chi connectivity index (χ0n) is 79.1. The first kappa shape index (κ1) is 95.7. The molecule has 0 bridgehead atoms. The molecule has 0 atom stereocenters. The lowest BCUT2D eigenvalue weighted by molar-refractivity contribution is 0.0985. The first-order chi connectivity index (χ1) is 60.0. The molecule has 0 unspecified atom stereocenters. The highest BCUT2D eigenvalue weighted by atomic mass is 16.5. The molecule has 2 heterocycles. The van der Waals surface area contributed by atoms with E-state index in [9.17, 15) is 29.1 Å². The number of carbonyl (C=O) groups excluding carboxylic acids is 5. The number of anilines is 5. The van der Waals surface area contributed by atoms with Gasteiger partial charge in [-0.25, -0.2) is 0 Å². The van der Waals surface area contributed by atoms with Crippen LogP contribution in [0.3, 0.4) is 0 Å². The van der Waals surface area contributed by atoms with Crippen molar-refractivity contribution in [2.45, 2.75) is 299 Å². The van der Waals surface area contributed by atoms with E-state index in [1.54, 1.807) is 24.0 Å². The SMILES string of the molecule is CC(C)(C)c1ccc(C(=O)Nc2cc3c(cc2CO)CCCCC3)cc1.CCn1nc(C(=O)Nc2cc3c(cc2OC)CCCCC3)cc1C.CN(C(=O)c1ccc(C(C)(C)C)cc1)c1ccc2c(c1)CCCCC2.COc1cc2c(cc1N(C)C(=O)c1ccc(C(C)(C)C)cc1)CCCCC2.Cc1cc(C(=O)Nc2ccc3c(c2)CCCCC3)nn1C(C)(C)C. The van der Waals surface area contributed by atoms with Crippen LogP contribution in [0.5, 0.6) is 11.5 Å². The van der Waals surface area contributed by atoms with E-state index in [1.807, 2.05) is 111 Å². The molecule has 0 radical (unpaired) electrons. The first-order valence-electron chi connectivity index (χ1n) is 46.3. The van der Waals surface area contributed by atoms with E-state index in [-0.39, 0.29) is 57.9 Å². The second-order valence-corrected chi connectivity index (χ2v) is 39.1. The number of aromatic nitrogens is 4. The first-order valence-corrected chi connectivity index (χ1v) is 46.3. The van der Waals surface area contributed by atoms with Crippen LogP contribution in [0.25, 0.3) is 0 Å². The number of aryl methyl sites for hydroxylation is 13. The van der Waals surface area contributed by atoms with Crippen LogP contribution in [0.1, 0.15) is 328 Å².